The molecule has 2 heterocycles. The van der Waals surface area contributed by atoms with Crippen LogP contribution in [0.25, 0.3) is 16.9 Å². The predicted octanol–water partition coefficient (Wildman–Crippen LogP) is 4.29. The van der Waals surface area contributed by atoms with Gasteiger partial charge in [0.1, 0.15) is 17.3 Å². The molecule has 1 aliphatic rings. The van der Waals surface area contributed by atoms with Gasteiger partial charge < -0.3 is 14.5 Å². The molecule has 0 bridgehead atoms. The third-order valence-electron chi connectivity index (χ3n) is 6.25. The van der Waals surface area contributed by atoms with Gasteiger partial charge in [0.05, 0.1) is 18.4 Å². The van der Waals surface area contributed by atoms with E-state index in [0.29, 0.717) is 48.7 Å². The highest BCUT2D eigenvalue weighted by Crippen LogP contribution is 2.28. The lowest BCUT2D eigenvalue weighted by atomic mass is 10.1. The fourth-order valence-electron chi connectivity index (χ4n) is 4.29. The summed E-state index contributed by atoms with van der Waals surface area (Å²) in [5, 5.41) is 4.75. The van der Waals surface area contributed by atoms with E-state index in [-0.39, 0.29) is 17.6 Å². The number of amides is 2. The number of para-hydroxylation sites is 1. The molecule has 1 fully saturated rings. The number of ether oxygens (including phenoxy) is 1. The molecule has 1 saturated heterocycles. The zero-order valence-corrected chi connectivity index (χ0v) is 19.8. The molecule has 0 N–H and O–H groups in total. The van der Waals surface area contributed by atoms with Crippen LogP contribution >= 0.6 is 0 Å². The second-order valence-corrected chi connectivity index (χ2v) is 8.49. The molecule has 0 radical (unpaired) electrons. The van der Waals surface area contributed by atoms with Crippen LogP contribution in [0.1, 0.15) is 20.7 Å². The molecule has 36 heavy (non-hydrogen) atoms. The molecule has 0 saturated carbocycles. The van der Waals surface area contributed by atoms with Gasteiger partial charge in [-0.3, -0.25) is 9.59 Å². The van der Waals surface area contributed by atoms with E-state index < -0.39 is 0 Å². The van der Waals surface area contributed by atoms with Crippen molar-refractivity contribution >= 4 is 11.8 Å². The van der Waals surface area contributed by atoms with Crippen molar-refractivity contribution in [1.82, 2.24) is 19.6 Å². The molecule has 2 amide bonds. The minimum Gasteiger partial charge on any atom is -0.497 e. The Morgan fingerprint density at radius 1 is 0.833 bits per heavy atom. The smallest absolute Gasteiger partial charge is 0.257 e. The van der Waals surface area contributed by atoms with Crippen LogP contribution in [0, 0.1) is 5.82 Å². The Bertz CT molecular complexity index is 1380. The normalized spacial score (nSPS) is 13.5. The Kier molecular flexibility index (Phi) is 6.49. The van der Waals surface area contributed by atoms with Gasteiger partial charge in [-0.1, -0.05) is 30.3 Å². The second kappa shape index (κ2) is 10.0. The van der Waals surface area contributed by atoms with Crippen molar-refractivity contribution in [2.75, 3.05) is 33.3 Å². The Morgan fingerprint density at radius 2 is 1.50 bits per heavy atom. The number of carbonyl (C=O) groups excluding carboxylic acids is 2. The fourth-order valence-corrected chi connectivity index (χ4v) is 4.29. The first kappa shape index (κ1) is 23.3. The van der Waals surface area contributed by atoms with Crippen molar-refractivity contribution in [3.63, 3.8) is 0 Å². The number of rotatable bonds is 5. The highest BCUT2D eigenvalue weighted by molar-refractivity contribution is 6.00. The van der Waals surface area contributed by atoms with E-state index in [0.717, 1.165) is 11.3 Å². The topological polar surface area (TPSA) is 67.7 Å². The van der Waals surface area contributed by atoms with Crippen LogP contribution in [0.2, 0.25) is 0 Å². The summed E-state index contributed by atoms with van der Waals surface area (Å²) in [6.45, 7) is 1.56. The number of piperazine rings is 1. The minimum absolute atomic E-state index is 0.149. The molecule has 7 nitrogen and oxygen atoms in total. The number of benzene rings is 3. The van der Waals surface area contributed by atoms with Gasteiger partial charge in [0.15, 0.2) is 0 Å². The monoisotopic (exact) mass is 484 g/mol. The van der Waals surface area contributed by atoms with Crippen LogP contribution < -0.4 is 4.74 Å². The molecule has 5 rings (SSSR count). The van der Waals surface area contributed by atoms with Crippen LogP contribution in [0.5, 0.6) is 5.75 Å². The third-order valence-corrected chi connectivity index (χ3v) is 6.25. The number of nitrogens with zero attached hydrogens (tertiary/aromatic N) is 4. The SMILES string of the molecule is COc1cccc(-c2nn(-c3ccccc3)cc2C(=O)N2CCN(C(=O)c3ccc(F)cc3)CC2)c1. The zero-order valence-electron chi connectivity index (χ0n) is 19.8. The van der Waals surface area contributed by atoms with E-state index >= 15 is 0 Å². The number of methoxy groups -OCH3 is 1. The van der Waals surface area contributed by atoms with E-state index in [2.05, 4.69) is 0 Å². The lowest BCUT2D eigenvalue weighted by Gasteiger charge is -2.34. The molecule has 0 spiro atoms. The maximum absolute atomic E-state index is 13.7. The van der Waals surface area contributed by atoms with Crippen molar-refractivity contribution in [3.8, 4) is 22.7 Å². The first-order valence-corrected chi connectivity index (χ1v) is 11.7. The van der Waals surface area contributed by atoms with E-state index in [4.69, 9.17) is 9.84 Å². The highest BCUT2D eigenvalue weighted by Gasteiger charge is 2.28. The van der Waals surface area contributed by atoms with Crippen molar-refractivity contribution in [1.29, 1.82) is 0 Å². The Morgan fingerprint density at radius 3 is 2.17 bits per heavy atom. The average Bonchev–Trinajstić information content (AvgIpc) is 3.39. The summed E-state index contributed by atoms with van der Waals surface area (Å²) in [6, 6.07) is 22.6. The molecule has 0 unspecified atom stereocenters. The molecule has 8 heteroatoms. The van der Waals surface area contributed by atoms with Crippen molar-refractivity contribution in [2.45, 2.75) is 0 Å². The first-order chi connectivity index (χ1) is 17.5. The molecule has 182 valence electrons. The summed E-state index contributed by atoms with van der Waals surface area (Å²) in [6.07, 6.45) is 1.75. The van der Waals surface area contributed by atoms with Crippen molar-refractivity contribution in [2.24, 2.45) is 0 Å². The van der Waals surface area contributed by atoms with E-state index in [1.165, 1.54) is 24.3 Å². The van der Waals surface area contributed by atoms with Gasteiger partial charge in [-0.05, 0) is 48.5 Å². The predicted molar refractivity (Wildman–Crippen MR) is 134 cm³/mol. The first-order valence-electron chi connectivity index (χ1n) is 11.7. The molecule has 1 aliphatic heterocycles. The quantitative estimate of drug-likeness (QED) is 0.424. The number of hydrogen-bond acceptors (Lipinski definition) is 4. The molecule has 0 atom stereocenters. The average molecular weight is 485 g/mol. The number of aromatic nitrogens is 2. The van der Waals surface area contributed by atoms with Gasteiger partial charge in [0, 0.05) is 43.5 Å². The van der Waals surface area contributed by atoms with Crippen LogP contribution in [-0.2, 0) is 0 Å². The summed E-state index contributed by atoms with van der Waals surface area (Å²) < 4.78 is 20.3. The van der Waals surface area contributed by atoms with Gasteiger partial charge in [0.25, 0.3) is 11.8 Å². The van der Waals surface area contributed by atoms with E-state index in [1.807, 2.05) is 54.6 Å². The van der Waals surface area contributed by atoms with Gasteiger partial charge in [-0.2, -0.15) is 5.10 Å². The Labute approximate surface area is 208 Å². The lowest BCUT2D eigenvalue weighted by Crippen LogP contribution is -2.50. The summed E-state index contributed by atoms with van der Waals surface area (Å²) in [7, 11) is 1.60. The van der Waals surface area contributed by atoms with Crippen molar-refractivity contribution in [3.05, 3.63) is 102 Å². The molecule has 4 aromatic rings. The highest BCUT2D eigenvalue weighted by atomic mass is 19.1. The molecular formula is C28H25FN4O3. The summed E-state index contributed by atoms with van der Waals surface area (Å²) in [5.74, 6) is -0.0297. The van der Waals surface area contributed by atoms with E-state index in [1.54, 1.807) is 27.8 Å². The summed E-state index contributed by atoms with van der Waals surface area (Å²) in [4.78, 5) is 29.9. The van der Waals surface area contributed by atoms with Crippen LogP contribution in [0.15, 0.2) is 85.1 Å². The standard InChI is InChI=1S/C28H25FN4O3/c1-36-24-9-5-6-21(18-24)26-25(19-33(30-26)23-7-3-2-4-8-23)28(35)32-16-14-31(15-17-32)27(34)20-10-12-22(29)13-11-20/h2-13,18-19H,14-17H2,1H3. The Hall–Kier alpha value is -4.46. The molecular weight excluding hydrogens is 459 g/mol. The zero-order chi connectivity index (χ0) is 25.1. The van der Waals surface area contributed by atoms with Gasteiger partial charge in [-0.15, -0.1) is 0 Å². The van der Waals surface area contributed by atoms with E-state index in [9.17, 15) is 14.0 Å². The third kappa shape index (κ3) is 4.70. The molecule has 3 aromatic carbocycles. The van der Waals surface area contributed by atoms with Crippen molar-refractivity contribution < 1.29 is 18.7 Å². The second-order valence-electron chi connectivity index (χ2n) is 8.49. The van der Waals surface area contributed by atoms with Gasteiger partial charge in [-0.25, -0.2) is 9.07 Å². The van der Waals surface area contributed by atoms with Crippen LogP contribution in [-0.4, -0.2) is 64.7 Å². The van der Waals surface area contributed by atoms with Gasteiger partial charge in [0.2, 0.25) is 0 Å². The maximum Gasteiger partial charge on any atom is 0.257 e. The molecule has 1 aromatic heterocycles. The Balaban J connectivity index is 1.39. The summed E-state index contributed by atoms with van der Waals surface area (Å²) in [5.41, 5.74) is 3.09. The largest absolute Gasteiger partial charge is 0.497 e. The minimum atomic E-state index is -0.384. The van der Waals surface area contributed by atoms with Crippen LogP contribution in [0.4, 0.5) is 4.39 Å². The van der Waals surface area contributed by atoms with Gasteiger partial charge >= 0.3 is 0 Å². The number of halogens is 1. The van der Waals surface area contributed by atoms with Crippen LogP contribution in [0.3, 0.4) is 0 Å². The number of hydrogen-bond donors (Lipinski definition) is 0. The fraction of sp³-hybridized carbons (Fsp3) is 0.179. The molecule has 0 aliphatic carbocycles. The maximum atomic E-state index is 13.7. The summed E-state index contributed by atoms with van der Waals surface area (Å²) >= 11 is 0. The lowest BCUT2D eigenvalue weighted by molar-refractivity contribution is 0.0536. The number of carbonyl (C=O) groups is 2.